The van der Waals surface area contributed by atoms with E-state index in [0.29, 0.717) is 12.1 Å². The molecule has 144 valence electrons. The number of carbonyl (C=O) groups excluding carboxylic acids is 1. The van der Waals surface area contributed by atoms with Gasteiger partial charge in [0.1, 0.15) is 5.75 Å². The number of non-ortho nitro benzene ring substituents is 1. The van der Waals surface area contributed by atoms with Gasteiger partial charge in [-0.05, 0) is 42.9 Å². The fraction of sp³-hybridized carbons (Fsp3) is 0.350. The molecule has 2 aromatic rings. The molecule has 2 rings (SSSR count). The topological polar surface area (TPSA) is 84.7 Å². The minimum atomic E-state index is -0.485. The predicted octanol–water partition coefficient (Wildman–Crippen LogP) is 3.42. The van der Waals surface area contributed by atoms with Crippen molar-refractivity contribution in [2.45, 2.75) is 19.9 Å². The molecule has 0 unspecified atom stereocenters. The molecular formula is C20H25N3O4. The third-order valence-corrected chi connectivity index (χ3v) is 4.53. The molecule has 1 N–H and O–H groups in total. The number of nitrogens with one attached hydrogen (secondary N) is 1. The van der Waals surface area contributed by atoms with E-state index >= 15 is 0 Å². The molecule has 0 radical (unpaired) electrons. The number of rotatable bonds is 9. The van der Waals surface area contributed by atoms with Crippen LogP contribution in [0, 0.1) is 10.1 Å². The third-order valence-electron chi connectivity index (χ3n) is 4.53. The van der Waals surface area contributed by atoms with E-state index in [1.807, 2.05) is 24.3 Å². The summed E-state index contributed by atoms with van der Waals surface area (Å²) in [6.07, 6.45) is 0. The van der Waals surface area contributed by atoms with E-state index < -0.39 is 4.92 Å². The van der Waals surface area contributed by atoms with Crippen molar-refractivity contribution in [2.24, 2.45) is 0 Å². The lowest BCUT2D eigenvalue weighted by Crippen LogP contribution is -2.38. The van der Waals surface area contributed by atoms with E-state index in [0.717, 1.165) is 24.4 Å². The number of amides is 1. The van der Waals surface area contributed by atoms with Crippen LogP contribution < -0.4 is 10.1 Å². The summed E-state index contributed by atoms with van der Waals surface area (Å²) in [6, 6.07) is 13.4. The van der Waals surface area contributed by atoms with Crippen molar-refractivity contribution in [1.82, 2.24) is 10.2 Å². The van der Waals surface area contributed by atoms with Crippen molar-refractivity contribution in [3.63, 3.8) is 0 Å². The lowest BCUT2D eigenvalue weighted by molar-refractivity contribution is -0.384. The SMILES string of the molecule is CCN(CC)[C@H](CNC(=O)c1ccc([N+](=O)[O-])cc1)c1cccc(OC)c1. The van der Waals surface area contributed by atoms with Crippen molar-refractivity contribution < 1.29 is 14.5 Å². The Hall–Kier alpha value is -2.93. The van der Waals surface area contributed by atoms with E-state index in [4.69, 9.17) is 4.74 Å². The van der Waals surface area contributed by atoms with Gasteiger partial charge >= 0.3 is 0 Å². The first-order valence-corrected chi connectivity index (χ1v) is 8.90. The highest BCUT2D eigenvalue weighted by Gasteiger charge is 2.20. The van der Waals surface area contributed by atoms with Gasteiger partial charge < -0.3 is 10.1 Å². The molecule has 0 aliphatic carbocycles. The van der Waals surface area contributed by atoms with Crippen LogP contribution in [0.1, 0.15) is 35.8 Å². The van der Waals surface area contributed by atoms with Gasteiger partial charge in [-0.15, -0.1) is 0 Å². The Morgan fingerprint density at radius 2 is 1.85 bits per heavy atom. The highest BCUT2D eigenvalue weighted by atomic mass is 16.6. The number of benzene rings is 2. The van der Waals surface area contributed by atoms with E-state index in [-0.39, 0.29) is 17.6 Å². The molecule has 0 aliphatic heterocycles. The van der Waals surface area contributed by atoms with Crippen LogP contribution in [0.5, 0.6) is 5.75 Å². The Kier molecular flexibility index (Phi) is 7.31. The second-order valence-electron chi connectivity index (χ2n) is 6.03. The molecule has 2 aromatic carbocycles. The second-order valence-corrected chi connectivity index (χ2v) is 6.03. The minimum absolute atomic E-state index is 0.00269. The first-order valence-electron chi connectivity index (χ1n) is 8.90. The summed E-state index contributed by atoms with van der Waals surface area (Å²) >= 11 is 0. The zero-order chi connectivity index (χ0) is 19.8. The smallest absolute Gasteiger partial charge is 0.269 e. The summed E-state index contributed by atoms with van der Waals surface area (Å²) in [5, 5.41) is 13.7. The van der Waals surface area contributed by atoms with Crippen molar-refractivity contribution in [3.05, 3.63) is 69.8 Å². The molecule has 0 fully saturated rings. The van der Waals surface area contributed by atoms with E-state index in [1.165, 1.54) is 24.3 Å². The van der Waals surface area contributed by atoms with Crippen molar-refractivity contribution in [2.75, 3.05) is 26.7 Å². The van der Waals surface area contributed by atoms with Gasteiger partial charge in [0.05, 0.1) is 18.1 Å². The molecule has 0 spiro atoms. The van der Waals surface area contributed by atoms with Gasteiger partial charge in [-0.1, -0.05) is 26.0 Å². The van der Waals surface area contributed by atoms with Crippen LogP contribution in [0.2, 0.25) is 0 Å². The Morgan fingerprint density at radius 1 is 1.19 bits per heavy atom. The fourth-order valence-corrected chi connectivity index (χ4v) is 3.00. The molecule has 0 aliphatic rings. The normalized spacial score (nSPS) is 11.9. The van der Waals surface area contributed by atoms with Gasteiger partial charge in [0.2, 0.25) is 0 Å². The Morgan fingerprint density at radius 3 is 2.41 bits per heavy atom. The van der Waals surface area contributed by atoms with Gasteiger partial charge in [-0.2, -0.15) is 0 Å². The first kappa shape index (κ1) is 20.4. The average Bonchev–Trinajstić information content (AvgIpc) is 2.71. The highest BCUT2D eigenvalue weighted by molar-refractivity contribution is 5.94. The van der Waals surface area contributed by atoms with Gasteiger partial charge in [0.15, 0.2) is 0 Å². The zero-order valence-electron chi connectivity index (χ0n) is 15.8. The summed E-state index contributed by atoms with van der Waals surface area (Å²) in [4.78, 5) is 25.0. The van der Waals surface area contributed by atoms with Crippen molar-refractivity contribution in [3.8, 4) is 5.75 Å². The molecular weight excluding hydrogens is 346 g/mol. The number of carbonyl (C=O) groups is 1. The number of methoxy groups -OCH3 is 1. The van der Waals surface area contributed by atoms with Gasteiger partial charge in [-0.25, -0.2) is 0 Å². The number of hydrogen-bond donors (Lipinski definition) is 1. The molecule has 1 amide bonds. The fourth-order valence-electron chi connectivity index (χ4n) is 3.00. The molecule has 7 heteroatoms. The van der Waals surface area contributed by atoms with Crippen LogP contribution in [0.25, 0.3) is 0 Å². The molecule has 0 aromatic heterocycles. The number of nitrogens with zero attached hydrogens (tertiary/aromatic N) is 2. The van der Waals surface area contributed by atoms with E-state index in [9.17, 15) is 14.9 Å². The maximum atomic E-state index is 12.5. The number of ether oxygens (including phenoxy) is 1. The number of hydrogen-bond acceptors (Lipinski definition) is 5. The standard InChI is InChI=1S/C20H25N3O4/c1-4-22(5-2)19(16-7-6-8-18(13-16)27-3)14-21-20(24)15-9-11-17(12-10-15)23(25)26/h6-13,19H,4-5,14H2,1-3H3,(H,21,24)/t19-/m1/s1. The zero-order valence-corrected chi connectivity index (χ0v) is 15.8. The largest absolute Gasteiger partial charge is 0.497 e. The van der Waals surface area contributed by atoms with Gasteiger partial charge in [0.25, 0.3) is 11.6 Å². The Bertz CT molecular complexity index is 773. The monoisotopic (exact) mass is 371 g/mol. The maximum absolute atomic E-state index is 12.5. The molecule has 0 saturated heterocycles. The van der Waals surface area contributed by atoms with Gasteiger partial charge in [0, 0.05) is 24.2 Å². The average molecular weight is 371 g/mol. The summed E-state index contributed by atoms with van der Waals surface area (Å²) in [6.45, 7) is 6.26. The Labute approximate surface area is 159 Å². The van der Waals surface area contributed by atoms with E-state index in [2.05, 4.69) is 24.1 Å². The third kappa shape index (κ3) is 5.27. The van der Waals surface area contributed by atoms with Crippen LogP contribution in [-0.2, 0) is 0 Å². The van der Waals surface area contributed by atoms with Gasteiger partial charge in [-0.3, -0.25) is 19.8 Å². The van der Waals surface area contributed by atoms with Crippen LogP contribution in [0.4, 0.5) is 5.69 Å². The Balaban J connectivity index is 2.15. The van der Waals surface area contributed by atoms with E-state index in [1.54, 1.807) is 7.11 Å². The quantitative estimate of drug-likeness (QED) is 0.539. The van der Waals surface area contributed by atoms with Crippen LogP contribution in [0.3, 0.4) is 0 Å². The lowest BCUT2D eigenvalue weighted by atomic mass is 10.0. The van der Waals surface area contributed by atoms with Crippen LogP contribution >= 0.6 is 0 Å². The molecule has 0 bridgehead atoms. The van der Waals surface area contributed by atoms with Crippen molar-refractivity contribution in [1.29, 1.82) is 0 Å². The summed E-state index contributed by atoms with van der Waals surface area (Å²) in [5.41, 5.74) is 1.41. The molecule has 0 saturated carbocycles. The molecule has 1 atom stereocenters. The van der Waals surface area contributed by atoms with Crippen LogP contribution in [0.15, 0.2) is 48.5 Å². The molecule has 7 nitrogen and oxygen atoms in total. The summed E-state index contributed by atoms with van der Waals surface area (Å²) in [5.74, 6) is 0.510. The molecule has 0 heterocycles. The highest BCUT2D eigenvalue weighted by Crippen LogP contribution is 2.24. The number of likely N-dealkylation sites (N-methyl/N-ethyl adjacent to an activating group) is 1. The predicted molar refractivity (Wildman–Crippen MR) is 104 cm³/mol. The maximum Gasteiger partial charge on any atom is 0.269 e. The molecule has 27 heavy (non-hydrogen) atoms. The number of nitro groups is 1. The summed E-state index contributed by atoms with van der Waals surface area (Å²) < 4.78 is 5.32. The van der Waals surface area contributed by atoms with Crippen molar-refractivity contribution >= 4 is 11.6 Å². The first-order chi connectivity index (χ1) is 13.0. The minimum Gasteiger partial charge on any atom is -0.497 e. The number of nitro benzene ring substituents is 1. The lowest BCUT2D eigenvalue weighted by Gasteiger charge is -2.30. The second kappa shape index (κ2) is 9.68. The van der Waals surface area contributed by atoms with Crippen LogP contribution in [-0.4, -0.2) is 42.5 Å². The summed E-state index contributed by atoms with van der Waals surface area (Å²) in [7, 11) is 1.63.